The largest absolute Gasteiger partial charge is 0.329 e. The highest BCUT2D eigenvalue weighted by molar-refractivity contribution is 4.94. The maximum absolute atomic E-state index is 6.27. The van der Waals surface area contributed by atoms with Crippen LogP contribution in [-0.4, -0.2) is 30.1 Å². The van der Waals surface area contributed by atoms with Crippen LogP contribution in [-0.2, 0) is 0 Å². The number of rotatable bonds is 6. The quantitative estimate of drug-likeness (QED) is 0.738. The first-order chi connectivity index (χ1) is 9.30. The summed E-state index contributed by atoms with van der Waals surface area (Å²) in [6.07, 6.45) is 15.4. The van der Waals surface area contributed by atoms with Crippen LogP contribution in [0.3, 0.4) is 0 Å². The summed E-state index contributed by atoms with van der Waals surface area (Å²) in [6.45, 7) is 5.78. The zero-order valence-electron chi connectivity index (χ0n) is 13.0. The monoisotopic (exact) mass is 266 g/mol. The van der Waals surface area contributed by atoms with Crippen LogP contribution in [0, 0.1) is 5.92 Å². The molecule has 0 saturated heterocycles. The van der Waals surface area contributed by atoms with Crippen molar-refractivity contribution in [2.45, 2.75) is 83.1 Å². The van der Waals surface area contributed by atoms with E-state index in [9.17, 15) is 0 Å². The third-order valence-corrected chi connectivity index (χ3v) is 5.53. The molecule has 0 unspecified atom stereocenters. The van der Waals surface area contributed by atoms with E-state index in [0.717, 1.165) is 12.5 Å². The Bertz CT molecular complexity index is 238. The second-order valence-electron chi connectivity index (χ2n) is 6.94. The molecule has 0 aliphatic heterocycles. The molecule has 0 aromatic rings. The molecule has 0 spiro atoms. The molecule has 0 aromatic carbocycles. The van der Waals surface area contributed by atoms with E-state index < -0.39 is 0 Å². The molecule has 0 amide bonds. The summed E-state index contributed by atoms with van der Waals surface area (Å²) >= 11 is 0. The molecule has 2 heteroatoms. The number of hydrogen-bond donors (Lipinski definition) is 1. The third kappa shape index (κ3) is 3.95. The van der Waals surface area contributed by atoms with Crippen molar-refractivity contribution in [1.29, 1.82) is 0 Å². The maximum Gasteiger partial charge on any atom is 0.0331 e. The lowest BCUT2D eigenvalue weighted by Crippen LogP contribution is -2.55. The van der Waals surface area contributed by atoms with Gasteiger partial charge in [-0.05, 0) is 44.6 Å². The summed E-state index contributed by atoms with van der Waals surface area (Å²) in [6, 6.07) is 0. The smallest absolute Gasteiger partial charge is 0.0331 e. The lowest BCUT2D eigenvalue weighted by molar-refractivity contribution is 0.0616. The fourth-order valence-corrected chi connectivity index (χ4v) is 4.33. The Hall–Kier alpha value is -0.0800. The maximum atomic E-state index is 6.27. The highest BCUT2D eigenvalue weighted by Gasteiger charge is 2.36. The van der Waals surface area contributed by atoms with Crippen LogP contribution >= 0.6 is 0 Å². The molecule has 2 rings (SSSR count). The summed E-state index contributed by atoms with van der Waals surface area (Å²) in [5.41, 5.74) is 6.61. The van der Waals surface area contributed by atoms with Gasteiger partial charge in [-0.1, -0.05) is 45.4 Å². The van der Waals surface area contributed by atoms with E-state index in [2.05, 4.69) is 11.8 Å². The van der Waals surface area contributed by atoms with Crippen LogP contribution in [0.25, 0.3) is 0 Å². The van der Waals surface area contributed by atoms with Gasteiger partial charge in [0.05, 0.1) is 0 Å². The normalized spacial score (nSPS) is 24.8. The predicted octanol–water partition coefficient (Wildman–Crippen LogP) is 3.94. The highest BCUT2D eigenvalue weighted by Crippen LogP contribution is 2.35. The Morgan fingerprint density at radius 3 is 2.16 bits per heavy atom. The van der Waals surface area contributed by atoms with Crippen LogP contribution in [0.15, 0.2) is 0 Å². The summed E-state index contributed by atoms with van der Waals surface area (Å²) in [5.74, 6) is 0.957. The van der Waals surface area contributed by atoms with E-state index >= 15 is 0 Å². The zero-order chi connectivity index (χ0) is 13.6. The Labute approximate surface area is 120 Å². The van der Waals surface area contributed by atoms with Crippen molar-refractivity contribution in [2.75, 3.05) is 19.6 Å². The molecule has 0 atom stereocenters. The average Bonchev–Trinajstić information content (AvgIpc) is 2.81. The van der Waals surface area contributed by atoms with Gasteiger partial charge in [0.2, 0.25) is 0 Å². The van der Waals surface area contributed by atoms with Gasteiger partial charge in [-0.2, -0.15) is 0 Å². The molecular formula is C17H34N2. The average molecular weight is 266 g/mol. The minimum atomic E-state index is 0.342. The van der Waals surface area contributed by atoms with E-state index in [0.29, 0.717) is 5.54 Å². The summed E-state index contributed by atoms with van der Waals surface area (Å²) < 4.78 is 0. The van der Waals surface area contributed by atoms with E-state index in [1.165, 1.54) is 83.7 Å². The van der Waals surface area contributed by atoms with Gasteiger partial charge in [0, 0.05) is 18.6 Å². The zero-order valence-corrected chi connectivity index (χ0v) is 13.0. The van der Waals surface area contributed by atoms with Crippen molar-refractivity contribution in [3.63, 3.8) is 0 Å². The fourth-order valence-electron chi connectivity index (χ4n) is 4.33. The third-order valence-electron chi connectivity index (χ3n) is 5.53. The summed E-state index contributed by atoms with van der Waals surface area (Å²) in [4.78, 5) is 2.81. The van der Waals surface area contributed by atoms with Gasteiger partial charge in [-0.25, -0.2) is 0 Å². The van der Waals surface area contributed by atoms with Gasteiger partial charge in [-0.3, -0.25) is 4.90 Å². The van der Waals surface area contributed by atoms with Crippen molar-refractivity contribution in [3.8, 4) is 0 Å². The van der Waals surface area contributed by atoms with Gasteiger partial charge < -0.3 is 5.73 Å². The molecule has 2 aliphatic rings. The molecule has 0 aromatic heterocycles. The minimum Gasteiger partial charge on any atom is -0.329 e. The Kier molecular flexibility index (Phi) is 6.15. The van der Waals surface area contributed by atoms with Crippen LogP contribution in [0.2, 0.25) is 0 Å². The molecule has 2 fully saturated rings. The molecular weight excluding hydrogens is 232 g/mol. The van der Waals surface area contributed by atoms with Crippen LogP contribution in [0.5, 0.6) is 0 Å². The van der Waals surface area contributed by atoms with E-state index in [1.54, 1.807) is 0 Å². The van der Waals surface area contributed by atoms with Gasteiger partial charge in [0.25, 0.3) is 0 Å². The van der Waals surface area contributed by atoms with E-state index in [1.807, 2.05) is 0 Å². The fraction of sp³-hybridized carbons (Fsp3) is 1.00. The molecule has 0 radical (unpaired) electrons. The second-order valence-corrected chi connectivity index (χ2v) is 6.94. The molecule has 0 bridgehead atoms. The standard InChI is InChI=1S/C17H34N2/c1-2-13-19(14-16-9-5-6-10-16)17(15-18)11-7-3-4-8-12-17/h16H,2-15,18H2,1H3. The van der Waals surface area contributed by atoms with E-state index in [4.69, 9.17) is 5.73 Å². The Morgan fingerprint density at radius 1 is 1.00 bits per heavy atom. The van der Waals surface area contributed by atoms with Crippen molar-refractivity contribution < 1.29 is 0 Å². The number of nitrogens with zero attached hydrogens (tertiary/aromatic N) is 1. The van der Waals surface area contributed by atoms with Gasteiger partial charge >= 0.3 is 0 Å². The summed E-state index contributed by atoms with van der Waals surface area (Å²) in [5, 5.41) is 0. The van der Waals surface area contributed by atoms with Crippen molar-refractivity contribution in [1.82, 2.24) is 4.90 Å². The number of hydrogen-bond acceptors (Lipinski definition) is 2. The highest BCUT2D eigenvalue weighted by atomic mass is 15.2. The first kappa shape index (κ1) is 15.3. The molecule has 2 N–H and O–H groups in total. The molecule has 112 valence electrons. The minimum absolute atomic E-state index is 0.342. The topological polar surface area (TPSA) is 29.3 Å². The lowest BCUT2D eigenvalue weighted by atomic mass is 9.86. The molecule has 19 heavy (non-hydrogen) atoms. The molecule has 0 heterocycles. The lowest BCUT2D eigenvalue weighted by Gasteiger charge is -2.44. The predicted molar refractivity (Wildman–Crippen MR) is 83.3 cm³/mol. The van der Waals surface area contributed by atoms with Crippen LogP contribution in [0.1, 0.15) is 77.6 Å². The summed E-state index contributed by atoms with van der Waals surface area (Å²) in [7, 11) is 0. The molecule has 2 nitrogen and oxygen atoms in total. The SMILES string of the molecule is CCCN(CC1CCCC1)C1(CN)CCCCCC1. The number of nitrogens with two attached hydrogens (primary N) is 1. The van der Waals surface area contributed by atoms with Gasteiger partial charge in [-0.15, -0.1) is 0 Å². The van der Waals surface area contributed by atoms with Crippen LogP contribution < -0.4 is 5.73 Å². The first-order valence-corrected chi connectivity index (χ1v) is 8.76. The van der Waals surface area contributed by atoms with Crippen molar-refractivity contribution in [3.05, 3.63) is 0 Å². The van der Waals surface area contributed by atoms with E-state index in [-0.39, 0.29) is 0 Å². The van der Waals surface area contributed by atoms with Gasteiger partial charge in [0.1, 0.15) is 0 Å². The van der Waals surface area contributed by atoms with Crippen LogP contribution in [0.4, 0.5) is 0 Å². The first-order valence-electron chi connectivity index (χ1n) is 8.76. The Balaban J connectivity index is 2.03. The molecule has 2 saturated carbocycles. The molecule has 2 aliphatic carbocycles. The van der Waals surface area contributed by atoms with Crippen molar-refractivity contribution >= 4 is 0 Å². The van der Waals surface area contributed by atoms with Gasteiger partial charge in [0.15, 0.2) is 0 Å². The second kappa shape index (κ2) is 7.64. The Morgan fingerprint density at radius 2 is 1.63 bits per heavy atom. The van der Waals surface area contributed by atoms with Crippen molar-refractivity contribution in [2.24, 2.45) is 11.7 Å².